The molecule has 1 aliphatic rings. The Morgan fingerprint density at radius 3 is 2.18 bits per heavy atom. The summed E-state index contributed by atoms with van der Waals surface area (Å²) >= 11 is 0. The van der Waals surface area contributed by atoms with Crippen molar-refractivity contribution in [3.8, 4) is 0 Å². The summed E-state index contributed by atoms with van der Waals surface area (Å²) in [6.45, 7) is 5.91. The molecule has 0 atom stereocenters. The third-order valence-corrected chi connectivity index (χ3v) is 2.93. The number of hydrogen-bond donors (Lipinski definition) is 0. The van der Waals surface area contributed by atoms with Gasteiger partial charge in [-0.05, 0) is 25.0 Å². The summed E-state index contributed by atoms with van der Waals surface area (Å²) in [5.41, 5.74) is 1.56. The van der Waals surface area contributed by atoms with Gasteiger partial charge in [0.05, 0.1) is 11.1 Å². The molecule has 0 aromatic heterocycles. The first-order valence-corrected chi connectivity index (χ1v) is 5.82. The van der Waals surface area contributed by atoms with E-state index in [4.69, 9.17) is 0 Å². The van der Waals surface area contributed by atoms with Gasteiger partial charge < -0.3 is 0 Å². The maximum atomic E-state index is 12.1. The van der Waals surface area contributed by atoms with E-state index >= 15 is 0 Å². The molecule has 0 bridgehead atoms. The van der Waals surface area contributed by atoms with E-state index in [1.807, 2.05) is 0 Å². The van der Waals surface area contributed by atoms with Gasteiger partial charge in [-0.3, -0.25) is 9.59 Å². The van der Waals surface area contributed by atoms with Crippen molar-refractivity contribution < 1.29 is 9.59 Å². The minimum Gasteiger partial charge on any atom is -0.268 e. The molecule has 1 aromatic rings. The van der Waals surface area contributed by atoms with Crippen molar-refractivity contribution >= 4 is 11.8 Å². The van der Waals surface area contributed by atoms with E-state index in [2.05, 4.69) is 13.5 Å². The van der Waals surface area contributed by atoms with Crippen molar-refractivity contribution in [3.05, 3.63) is 47.7 Å². The molecule has 1 aromatic carbocycles. The number of allylic oxidation sites excluding steroid dienone is 1. The van der Waals surface area contributed by atoms with Gasteiger partial charge in [0.15, 0.2) is 0 Å². The second kappa shape index (κ2) is 4.53. The highest BCUT2D eigenvalue weighted by molar-refractivity contribution is 6.22. The molecule has 0 unspecified atom stereocenters. The standard InChI is InChI=1S/C14H15NO2/c1-3-4-7-10(2)15-13(16)11-8-5-6-9-12(11)14(15)17/h5-6,8-9H,2-4,7H2,1H3. The summed E-state index contributed by atoms with van der Waals surface area (Å²) in [5.74, 6) is -0.488. The largest absolute Gasteiger partial charge is 0.268 e. The average Bonchev–Trinajstić information content (AvgIpc) is 2.60. The van der Waals surface area contributed by atoms with Crippen LogP contribution in [0, 0.1) is 0 Å². The van der Waals surface area contributed by atoms with E-state index in [1.165, 1.54) is 4.90 Å². The van der Waals surface area contributed by atoms with Gasteiger partial charge in [0.1, 0.15) is 0 Å². The number of hydrogen-bond acceptors (Lipinski definition) is 2. The lowest BCUT2D eigenvalue weighted by molar-refractivity contribution is 0.0699. The Bertz CT molecular complexity index is 456. The molecule has 88 valence electrons. The maximum absolute atomic E-state index is 12.1. The third kappa shape index (κ3) is 1.88. The molecular formula is C14H15NO2. The van der Waals surface area contributed by atoms with E-state index in [1.54, 1.807) is 24.3 Å². The molecule has 1 heterocycles. The summed E-state index contributed by atoms with van der Waals surface area (Å²) < 4.78 is 0. The van der Waals surface area contributed by atoms with Crippen molar-refractivity contribution in [1.82, 2.24) is 4.90 Å². The third-order valence-electron chi connectivity index (χ3n) is 2.93. The number of benzene rings is 1. The van der Waals surface area contributed by atoms with Gasteiger partial charge in [-0.2, -0.15) is 0 Å². The monoisotopic (exact) mass is 229 g/mol. The van der Waals surface area contributed by atoms with E-state index in [0.717, 1.165) is 12.8 Å². The zero-order valence-electron chi connectivity index (χ0n) is 9.90. The van der Waals surface area contributed by atoms with E-state index in [-0.39, 0.29) is 11.8 Å². The van der Waals surface area contributed by atoms with Crippen molar-refractivity contribution in [2.45, 2.75) is 26.2 Å². The van der Waals surface area contributed by atoms with Gasteiger partial charge >= 0.3 is 0 Å². The van der Waals surface area contributed by atoms with Crippen LogP contribution in [0.1, 0.15) is 46.9 Å². The van der Waals surface area contributed by atoms with Crippen LogP contribution in [-0.4, -0.2) is 16.7 Å². The van der Waals surface area contributed by atoms with Crippen LogP contribution in [0.5, 0.6) is 0 Å². The number of carbonyl (C=O) groups is 2. The Morgan fingerprint density at radius 1 is 1.18 bits per heavy atom. The number of rotatable bonds is 4. The summed E-state index contributed by atoms with van der Waals surface area (Å²) in [4.78, 5) is 25.3. The van der Waals surface area contributed by atoms with Crippen molar-refractivity contribution in [2.75, 3.05) is 0 Å². The van der Waals surface area contributed by atoms with Gasteiger partial charge in [-0.1, -0.05) is 32.1 Å². The lowest BCUT2D eigenvalue weighted by Gasteiger charge is -2.16. The van der Waals surface area contributed by atoms with E-state index in [0.29, 0.717) is 23.2 Å². The quantitative estimate of drug-likeness (QED) is 0.744. The number of imide groups is 1. The average molecular weight is 229 g/mol. The number of fused-ring (bicyclic) bond motifs is 1. The number of nitrogens with zero attached hydrogens (tertiary/aromatic N) is 1. The van der Waals surface area contributed by atoms with Crippen LogP contribution < -0.4 is 0 Å². The first-order chi connectivity index (χ1) is 8.16. The normalized spacial score (nSPS) is 14.1. The Balaban J connectivity index is 2.27. The zero-order chi connectivity index (χ0) is 12.4. The molecule has 17 heavy (non-hydrogen) atoms. The summed E-state index contributed by atoms with van der Waals surface area (Å²) in [6, 6.07) is 6.90. The minimum atomic E-state index is -0.244. The Kier molecular flexibility index (Phi) is 3.09. The zero-order valence-corrected chi connectivity index (χ0v) is 9.90. The first-order valence-electron chi connectivity index (χ1n) is 5.82. The van der Waals surface area contributed by atoms with Gasteiger partial charge in [0.2, 0.25) is 0 Å². The van der Waals surface area contributed by atoms with Crippen LogP contribution in [0.25, 0.3) is 0 Å². The van der Waals surface area contributed by atoms with E-state index in [9.17, 15) is 9.59 Å². The Hall–Kier alpha value is -1.90. The Morgan fingerprint density at radius 2 is 1.71 bits per heavy atom. The molecule has 0 fully saturated rings. The Labute approximate surface area is 101 Å². The van der Waals surface area contributed by atoms with Crippen LogP contribution in [0.3, 0.4) is 0 Å². The molecule has 3 nitrogen and oxygen atoms in total. The summed E-state index contributed by atoms with van der Waals surface area (Å²) in [5, 5.41) is 0. The fourth-order valence-corrected chi connectivity index (χ4v) is 1.97. The van der Waals surface area contributed by atoms with Gasteiger partial charge in [-0.15, -0.1) is 0 Å². The predicted octanol–water partition coefficient (Wildman–Crippen LogP) is 2.99. The molecule has 0 aliphatic carbocycles. The minimum absolute atomic E-state index is 0.244. The molecular weight excluding hydrogens is 214 g/mol. The molecule has 1 aliphatic heterocycles. The van der Waals surface area contributed by atoms with Crippen molar-refractivity contribution in [3.63, 3.8) is 0 Å². The lowest BCUT2D eigenvalue weighted by atomic mass is 10.1. The molecule has 0 saturated carbocycles. The van der Waals surface area contributed by atoms with Gasteiger partial charge in [0, 0.05) is 5.70 Å². The topological polar surface area (TPSA) is 37.4 Å². The van der Waals surface area contributed by atoms with Gasteiger partial charge in [0.25, 0.3) is 11.8 Å². The fourth-order valence-electron chi connectivity index (χ4n) is 1.97. The second-order valence-corrected chi connectivity index (χ2v) is 4.16. The highest BCUT2D eigenvalue weighted by atomic mass is 16.2. The van der Waals surface area contributed by atoms with Crippen LogP contribution in [-0.2, 0) is 0 Å². The van der Waals surface area contributed by atoms with Crippen LogP contribution in [0.2, 0.25) is 0 Å². The van der Waals surface area contributed by atoms with Crippen molar-refractivity contribution in [2.24, 2.45) is 0 Å². The van der Waals surface area contributed by atoms with Crippen LogP contribution in [0.15, 0.2) is 36.5 Å². The molecule has 3 heteroatoms. The summed E-state index contributed by atoms with van der Waals surface area (Å²) in [6.07, 6.45) is 2.64. The van der Waals surface area contributed by atoms with E-state index < -0.39 is 0 Å². The van der Waals surface area contributed by atoms with Crippen molar-refractivity contribution in [1.29, 1.82) is 0 Å². The number of unbranched alkanes of at least 4 members (excludes halogenated alkanes) is 1. The van der Waals surface area contributed by atoms with Crippen LogP contribution in [0.4, 0.5) is 0 Å². The molecule has 0 N–H and O–H groups in total. The van der Waals surface area contributed by atoms with Crippen LogP contribution >= 0.6 is 0 Å². The molecule has 2 rings (SSSR count). The smallest absolute Gasteiger partial charge is 0.265 e. The molecule has 0 saturated heterocycles. The SMILES string of the molecule is C=C(CCCC)N1C(=O)c2ccccc2C1=O. The number of amides is 2. The highest BCUT2D eigenvalue weighted by Crippen LogP contribution is 2.26. The summed E-state index contributed by atoms with van der Waals surface area (Å²) in [7, 11) is 0. The predicted molar refractivity (Wildman–Crippen MR) is 65.6 cm³/mol. The fraction of sp³-hybridized carbons (Fsp3) is 0.286. The molecule has 0 radical (unpaired) electrons. The maximum Gasteiger partial charge on any atom is 0.265 e. The highest BCUT2D eigenvalue weighted by Gasteiger charge is 2.36. The molecule has 0 spiro atoms. The second-order valence-electron chi connectivity index (χ2n) is 4.16. The first kappa shape index (κ1) is 11.6. The lowest BCUT2D eigenvalue weighted by Crippen LogP contribution is -2.28. The number of carbonyl (C=O) groups excluding carboxylic acids is 2. The molecule has 2 amide bonds. The van der Waals surface area contributed by atoms with Gasteiger partial charge in [-0.25, -0.2) is 4.90 Å².